The molecule has 0 aromatic carbocycles. The largest absolute Gasteiger partial charge is 0.480 e. The molecular weight excluding hydrogens is 252 g/mol. The Hall–Kier alpha value is -0.610. The van der Waals surface area contributed by atoms with Gasteiger partial charge in [0.05, 0.1) is 0 Å². The molecular formula is C16H28N2O2. The Morgan fingerprint density at radius 2 is 1.90 bits per heavy atom. The van der Waals surface area contributed by atoms with Gasteiger partial charge in [-0.3, -0.25) is 4.79 Å². The highest BCUT2D eigenvalue weighted by Crippen LogP contribution is 2.43. The van der Waals surface area contributed by atoms with E-state index >= 15 is 0 Å². The maximum Gasteiger partial charge on any atom is 0.325 e. The highest BCUT2D eigenvalue weighted by Gasteiger charge is 2.52. The van der Waals surface area contributed by atoms with Gasteiger partial charge >= 0.3 is 5.97 Å². The van der Waals surface area contributed by atoms with E-state index in [0.717, 1.165) is 50.7 Å². The molecule has 4 nitrogen and oxygen atoms in total. The Labute approximate surface area is 121 Å². The van der Waals surface area contributed by atoms with Crippen LogP contribution in [0.4, 0.5) is 0 Å². The molecule has 1 heterocycles. The molecule has 1 aliphatic heterocycles. The summed E-state index contributed by atoms with van der Waals surface area (Å²) in [5.74, 6) is 1.39. The minimum atomic E-state index is -0.686. The fourth-order valence-corrected chi connectivity index (χ4v) is 4.39. The van der Waals surface area contributed by atoms with E-state index < -0.39 is 11.5 Å². The maximum atomic E-state index is 12.0. The molecule has 3 rings (SSSR count). The number of carboxylic acids is 1. The molecule has 4 heteroatoms. The summed E-state index contributed by atoms with van der Waals surface area (Å²) in [7, 11) is 0. The lowest BCUT2D eigenvalue weighted by atomic mass is 9.92. The predicted molar refractivity (Wildman–Crippen MR) is 78.7 cm³/mol. The summed E-state index contributed by atoms with van der Waals surface area (Å²) in [5.41, 5.74) is -0.686. The molecule has 0 bridgehead atoms. The van der Waals surface area contributed by atoms with Crippen LogP contribution in [0.5, 0.6) is 0 Å². The second-order valence-electron chi connectivity index (χ2n) is 7.12. The van der Waals surface area contributed by atoms with E-state index in [0.29, 0.717) is 12.5 Å². The third-order valence-electron chi connectivity index (χ3n) is 5.62. The first-order valence-electron chi connectivity index (χ1n) is 8.36. The average Bonchev–Trinajstić information content (AvgIpc) is 3.06. The normalized spacial score (nSPS) is 33.0. The number of nitrogens with one attached hydrogen (secondary N) is 1. The Bertz CT molecular complexity index is 357. The van der Waals surface area contributed by atoms with Crippen molar-refractivity contribution in [3.63, 3.8) is 0 Å². The van der Waals surface area contributed by atoms with Gasteiger partial charge in [-0.05, 0) is 56.4 Å². The second kappa shape index (κ2) is 5.64. The number of nitrogens with zero attached hydrogens (tertiary/aromatic N) is 1. The lowest BCUT2D eigenvalue weighted by molar-refractivity contribution is -0.147. The van der Waals surface area contributed by atoms with Crippen molar-refractivity contribution in [2.24, 2.45) is 17.8 Å². The smallest absolute Gasteiger partial charge is 0.325 e. The quantitative estimate of drug-likeness (QED) is 0.748. The summed E-state index contributed by atoms with van der Waals surface area (Å²) >= 11 is 0. The summed E-state index contributed by atoms with van der Waals surface area (Å²) in [6.07, 6.45) is 7.23. The van der Waals surface area contributed by atoms with Crippen LogP contribution in [-0.2, 0) is 4.79 Å². The van der Waals surface area contributed by atoms with Crippen LogP contribution in [0.1, 0.15) is 45.4 Å². The maximum absolute atomic E-state index is 12.0. The van der Waals surface area contributed by atoms with Crippen molar-refractivity contribution in [3.8, 4) is 0 Å². The van der Waals surface area contributed by atoms with Crippen molar-refractivity contribution in [2.75, 3.05) is 26.2 Å². The first-order chi connectivity index (χ1) is 9.65. The third kappa shape index (κ3) is 2.60. The summed E-state index contributed by atoms with van der Waals surface area (Å²) in [6, 6.07) is 0. The standard InChI is InChI=1S/C16H28N2O2/c1-2-8-17-16(15(19)20,14-6-7-14)11-18-9-12-4-3-5-13(12)10-18/h12-14,17H,2-11H2,1H3,(H,19,20). The Morgan fingerprint density at radius 1 is 1.25 bits per heavy atom. The molecule has 3 fully saturated rings. The predicted octanol–water partition coefficient (Wildman–Crippen LogP) is 1.95. The zero-order chi connectivity index (χ0) is 14.2. The van der Waals surface area contributed by atoms with Crippen LogP contribution < -0.4 is 5.32 Å². The fraction of sp³-hybridized carbons (Fsp3) is 0.938. The van der Waals surface area contributed by atoms with Crippen LogP contribution in [0.2, 0.25) is 0 Å². The van der Waals surface area contributed by atoms with Crippen LogP contribution in [0.15, 0.2) is 0 Å². The van der Waals surface area contributed by atoms with Gasteiger partial charge in [0.15, 0.2) is 0 Å². The van der Waals surface area contributed by atoms with Gasteiger partial charge in [-0.1, -0.05) is 13.3 Å². The molecule has 0 spiro atoms. The molecule has 3 unspecified atom stereocenters. The van der Waals surface area contributed by atoms with E-state index in [9.17, 15) is 9.90 Å². The van der Waals surface area contributed by atoms with Crippen molar-refractivity contribution in [1.82, 2.24) is 10.2 Å². The van der Waals surface area contributed by atoms with E-state index in [1.165, 1.54) is 19.3 Å². The highest BCUT2D eigenvalue weighted by molar-refractivity contribution is 5.80. The summed E-state index contributed by atoms with van der Waals surface area (Å²) in [4.78, 5) is 14.4. The van der Waals surface area contributed by atoms with Crippen molar-refractivity contribution in [1.29, 1.82) is 0 Å². The second-order valence-corrected chi connectivity index (χ2v) is 7.12. The molecule has 2 aliphatic carbocycles. The van der Waals surface area contributed by atoms with Crippen molar-refractivity contribution >= 4 is 5.97 Å². The zero-order valence-corrected chi connectivity index (χ0v) is 12.6. The number of hydrogen-bond donors (Lipinski definition) is 2. The monoisotopic (exact) mass is 280 g/mol. The Kier molecular flexibility index (Phi) is 4.04. The molecule has 0 radical (unpaired) electrons. The molecule has 0 amide bonds. The minimum Gasteiger partial charge on any atom is -0.480 e. The number of carbonyl (C=O) groups is 1. The number of hydrogen-bond acceptors (Lipinski definition) is 3. The summed E-state index contributed by atoms with van der Waals surface area (Å²) in [5, 5.41) is 13.2. The summed E-state index contributed by atoms with van der Waals surface area (Å²) in [6.45, 7) is 5.87. The fourth-order valence-electron chi connectivity index (χ4n) is 4.39. The van der Waals surface area contributed by atoms with E-state index in [-0.39, 0.29) is 0 Å². The lowest BCUT2D eigenvalue weighted by Gasteiger charge is -2.35. The minimum absolute atomic E-state index is 0.340. The van der Waals surface area contributed by atoms with Gasteiger partial charge in [-0.15, -0.1) is 0 Å². The zero-order valence-electron chi connectivity index (χ0n) is 12.6. The molecule has 2 saturated carbocycles. The van der Waals surface area contributed by atoms with Crippen LogP contribution in [0, 0.1) is 17.8 Å². The molecule has 1 saturated heterocycles. The molecule has 0 aromatic heterocycles. The van der Waals surface area contributed by atoms with Gasteiger partial charge in [0.2, 0.25) is 0 Å². The Morgan fingerprint density at radius 3 is 2.40 bits per heavy atom. The van der Waals surface area contributed by atoms with Crippen LogP contribution >= 0.6 is 0 Å². The van der Waals surface area contributed by atoms with Gasteiger partial charge in [0.25, 0.3) is 0 Å². The molecule has 20 heavy (non-hydrogen) atoms. The van der Waals surface area contributed by atoms with Gasteiger partial charge in [0, 0.05) is 19.6 Å². The average molecular weight is 280 g/mol. The van der Waals surface area contributed by atoms with Gasteiger partial charge in [0.1, 0.15) is 5.54 Å². The number of fused-ring (bicyclic) bond motifs is 1. The van der Waals surface area contributed by atoms with Crippen LogP contribution in [-0.4, -0.2) is 47.7 Å². The van der Waals surface area contributed by atoms with Crippen molar-refractivity contribution in [3.05, 3.63) is 0 Å². The highest BCUT2D eigenvalue weighted by atomic mass is 16.4. The molecule has 2 N–H and O–H groups in total. The van der Waals surface area contributed by atoms with Gasteiger partial charge in [-0.25, -0.2) is 0 Å². The number of carboxylic acid groups (broad SMARTS) is 1. The van der Waals surface area contributed by atoms with Gasteiger partial charge in [-0.2, -0.15) is 0 Å². The SMILES string of the molecule is CCCNC(CN1CC2CCCC2C1)(C(=O)O)C1CC1. The van der Waals surface area contributed by atoms with E-state index in [1.807, 2.05) is 0 Å². The van der Waals surface area contributed by atoms with Gasteiger partial charge < -0.3 is 15.3 Å². The van der Waals surface area contributed by atoms with Crippen LogP contribution in [0.25, 0.3) is 0 Å². The third-order valence-corrected chi connectivity index (χ3v) is 5.62. The molecule has 3 atom stereocenters. The Balaban J connectivity index is 1.68. The van der Waals surface area contributed by atoms with Crippen molar-refractivity contribution in [2.45, 2.75) is 51.0 Å². The van der Waals surface area contributed by atoms with Crippen molar-refractivity contribution < 1.29 is 9.90 Å². The number of rotatable bonds is 7. The van der Waals surface area contributed by atoms with E-state index in [2.05, 4.69) is 17.1 Å². The van der Waals surface area contributed by atoms with E-state index in [1.54, 1.807) is 0 Å². The molecule has 114 valence electrons. The molecule has 0 aromatic rings. The number of likely N-dealkylation sites (tertiary alicyclic amines) is 1. The summed E-state index contributed by atoms with van der Waals surface area (Å²) < 4.78 is 0. The first kappa shape index (κ1) is 14.3. The molecule has 3 aliphatic rings. The lowest BCUT2D eigenvalue weighted by Crippen LogP contribution is -2.60. The topological polar surface area (TPSA) is 52.6 Å². The van der Waals surface area contributed by atoms with Crippen LogP contribution in [0.3, 0.4) is 0 Å². The van der Waals surface area contributed by atoms with E-state index in [4.69, 9.17) is 0 Å². The number of aliphatic carboxylic acids is 1. The first-order valence-corrected chi connectivity index (χ1v) is 8.36.